The highest BCUT2D eigenvalue weighted by molar-refractivity contribution is 5.35. The zero-order valence-electron chi connectivity index (χ0n) is 9.51. The molecule has 1 aromatic rings. The first-order valence-corrected chi connectivity index (χ1v) is 5.79. The van der Waals surface area contributed by atoms with E-state index in [-0.39, 0.29) is 11.5 Å². The van der Waals surface area contributed by atoms with Crippen LogP contribution in [0, 0.1) is 5.41 Å². The average molecular weight is 245 g/mol. The van der Waals surface area contributed by atoms with Crippen molar-refractivity contribution in [1.82, 2.24) is 9.55 Å². The van der Waals surface area contributed by atoms with Gasteiger partial charge in [0, 0.05) is 18.8 Å². The van der Waals surface area contributed by atoms with Gasteiger partial charge in [-0.05, 0) is 24.7 Å². The number of fused-ring (bicyclic) bond motifs is 1. The third-order valence-corrected chi connectivity index (χ3v) is 3.91. The molecule has 0 amide bonds. The average Bonchev–Trinajstić information content (AvgIpc) is 2.85. The van der Waals surface area contributed by atoms with Crippen LogP contribution >= 0.6 is 0 Å². The summed E-state index contributed by atoms with van der Waals surface area (Å²) in [4.78, 5) is 3.64. The van der Waals surface area contributed by atoms with Crippen molar-refractivity contribution in [3.05, 3.63) is 11.9 Å². The van der Waals surface area contributed by atoms with Crippen molar-refractivity contribution in [2.45, 2.75) is 44.9 Å². The van der Waals surface area contributed by atoms with Crippen LogP contribution in [0.1, 0.15) is 31.9 Å². The third kappa shape index (κ3) is 1.79. The van der Waals surface area contributed by atoms with Gasteiger partial charge in [-0.25, -0.2) is 4.98 Å². The predicted molar refractivity (Wildman–Crippen MR) is 56.6 cm³/mol. The second-order valence-corrected chi connectivity index (χ2v) is 5.28. The summed E-state index contributed by atoms with van der Waals surface area (Å²) in [6, 6.07) is 0.262. The zero-order valence-corrected chi connectivity index (χ0v) is 9.51. The van der Waals surface area contributed by atoms with Gasteiger partial charge >= 0.3 is 6.18 Å². The number of rotatable bonds is 1. The Morgan fingerprint density at radius 1 is 1.47 bits per heavy atom. The van der Waals surface area contributed by atoms with Crippen LogP contribution in [-0.4, -0.2) is 15.6 Å². The van der Waals surface area contributed by atoms with E-state index in [0.717, 1.165) is 25.5 Å². The van der Waals surface area contributed by atoms with E-state index >= 15 is 0 Å². The minimum atomic E-state index is -4.36. The van der Waals surface area contributed by atoms with E-state index in [2.05, 4.69) is 17.2 Å². The molecule has 94 valence electrons. The first kappa shape index (κ1) is 10.9. The Balaban J connectivity index is 1.85. The smallest absolute Gasteiger partial charge is 0.352 e. The molecular weight excluding hydrogens is 231 g/mol. The van der Waals surface area contributed by atoms with Gasteiger partial charge in [0.15, 0.2) is 5.69 Å². The number of aromatic nitrogens is 2. The summed E-state index contributed by atoms with van der Waals surface area (Å²) in [7, 11) is 0. The molecule has 0 saturated heterocycles. The van der Waals surface area contributed by atoms with Crippen molar-refractivity contribution < 1.29 is 13.2 Å². The van der Waals surface area contributed by atoms with E-state index in [1.165, 1.54) is 0 Å². The summed E-state index contributed by atoms with van der Waals surface area (Å²) < 4.78 is 39.1. The quantitative estimate of drug-likeness (QED) is 0.824. The third-order valence-electron chi connectivity index (χ3n) is 3.91. The lowest BCUT2D eigenvalue weighted by Crippen LogP contribution is -2.35. The molecule has 1 aliphatic carbocycles. The first-order valence-electron chi connectivity index (χ1n) is 5.79. The van der Waals surface area contributed by atoms with Crippen LogP contribution in [-0.2, 0) is 12.7 Å². The highest BCUT2D eigenvalue weighted by atomic mass is 19.4. The molecular formula is C11H14F3N3. The van der Waals surface area contributed by atoms with E-state index in [1.54, 1.807) is 4.57 Å². The normalized spacial score (nSPS) is 26.2. The van der Waals surface area contributed by atoms with Crippen LogP contribution in [0.15, 0.2) is 6.20 Å². The molecule has 0 aromatic carbocycles. The highest BCUT2D eigenvalue weighted by Crippen LogP contribution is 2.51. The number of imidazole rings is 1. The summed E-state index contributed by atoms with van der Waals surface area (Å²) in [5, 5.41) is 3.14. The number of aryl methyl sites for hydroxylation is 1. The number of alkyl halides is 3. The Morgan fingerprint density at radius 3 is 2.76 bits per heavy atom. The van der Waals surface area contributed by atoms with Gasteiger partial charge in [0.2, 0.25) is 5.95 Å². The number of hydrogen-bond donors (Lipinski definition) is 1. The number of halogens is 3. The molecule has 2 heterocycles. The molecule has 17 heavy (non-hydrogen) atoms. The Morgan fingerprint density at radius 2 is 2.18 bits per heavy atom. The predicted octanol–water partition coefficient (Wildman–Crippen LogP) is 2.89. The van der Waals surface area contributed by atoms with Gasteiger partial charge in [-0.2, -0.15) is 13.2 Å². The molecule has 0 bridgehead atoms. The molecule has 1 aliphatic heterocycles. The molecule has 2 aliphatic rings. The van der Waals surface area contributed by atoms with Crippen LogP contribution in [0.5, 0.6) is 0 Å². The van der Waals surface area contributed by atoms with Gasteiger partial charge in [-0.1, -0.05) is 6.92 Å². The Labute approximate surface area is 97.0 Å². The zero-order chi connectivity index (χ0) is 12.3. The lowest BCUT2D eigenvalue weighted by Gasteiger charge is -2.30. The SMILES string of the molecule is CC1(C2CCn3cc(C(F)(F)F)nc3N2)CC1. The van der Waals surface area contributed by atoms with Crippen LogP contribution in [0.3, 0.4) is 0 Å². The number of anilines is 1. The topological polar surface area (TPSA) is 29.9 Å². The van der Waals surface area contributed by atoms with E-state index in [4.69, 9.17) is 0 Å². The largest absolute Gasteiger partial charge is 0.434 e. The molecule has 1 fully saturated rings. The molecule has 3 nitrogen and oxygen atoms in total. The number of hydrogen-bond acceptors (Lipinski definition) is 2. The van der Waals surface area contributed by atoms with Crippen LogP contribution in [0.2, 0.25) is 0 Å². The minimum absolute atomic E-state index is 0.260. The molecule has 1 unspecified atom stereocenters. The van der Waals surface area contributed by atoms with Crippen molar-refractivity contribution in [1.29, 1.82) is 0 Å². The van der Waals surface area contributed by atoms with E-state index in [1.807, 2.05) is 0 Å². The lowest BCUT2D eigenvalue weighted by atomic mass is 9.95. The second kappa shape index (κ2) is 3.17. The van der Waals surface area contributed by atoms with Crippen LogP contribution in [0.25, 0.3) is 0 Å². The monoisotopic (exact) mass is 245 g/mol. The van der Waals surface area contributed by atoms with E-state index in [0.29, 0.717) is 12.5 Å². The maximum absolute atomic E-state index is 12.5. The Bertz CT molecular complexity index is 445. The molecule has 0 radical (unpaired) electrons. The minimum Gasteiger partial charge on any atom is -0.352 e. The van der Waals surface area contributed by atoms with Crippen molar-refractivity contribution in [2.75, 3.05) is 5.32 Å². The van der Waals surface area contributed by atoms with Gasteiger partial charge < -0.3 is 9.88 Å². The van der Waals surface area contributed by atoms with Gasteiger partial charge in [0.25, 0.3) is 0 Å². The summed E-state index contributed by atoms with van der Waals surface area (Å²) >= 11 is 0. The lowest BCUT2D eigenvalue weighted by molar-refractivity contribution is -0.140. The molecule has 1 aromatic heterocycles. The fraction of sp³-hybridized carbons (Fsp3) is 0.727. The first-order chi connectivity index (χ1) is 7.88. The summed E-state index contributed by atoms with van der Waals surface area (Å²) in [6.07, 6.45) is -0.0923. The fourth-order valence-electron chi connectivity index (χ4n) is 2.40. The maximum atomic E-state index is 12.5. The van der Waals surface area contributed by atoms with E-state index < -0.39 is 11.9 Å². The molecule has 1 saturated carbocycles. The van der Waals surface area contributed by atoms with Crippen molar-refractivity contribution >= 4 is 5.95 Å². The summed E-state index contributed by atoms with van der Waals surface area (Å²) in [5.41, 5.74) is -0.545. The van der Waals surface area contributed by atoms with Crippen LogP contribution in [0.4, 0.5) is 19.1 Å². The van der Waals surface area contributed by atoms with Gasteiger partial charge in [0.1, 0.15) is 0 Å². The molecule has 0 spiro atoms. The fourth-order valence-corrected chi connectivity index (χ4v) is 2.40. The highest BCUT2D eigenvalue weighted by Gasteiger charge is 2.46. The van der Waals surface area contributed by atoms with Gasteiger partial charge in [-0.15, -0.1) is 0 Å². The summed E-state index contributed by atoms with van der Waals surface area (Å²) in [6.45, 7) is 2.79. The molecule has 1 atom stereocenters. The number of nitrogens with one attached hydrogen (secondary N) is 1. The van der Waals surface area contributed by atoms with Crippen molar-refractivity contribution in [3.63, 3.8) is 0 Å². The van der Waals surface area contributed by atoms with E-state index in [9.17, 15) is 13.2 Å². The standard InChI is InChI=1S/C11H14F3N3/c1-10(3-4-10)7-2-5-17-6-8(11(12,13)14)16-9(17)15-7/h6-7H,2-5H2,1H3,(H,15,16). The molecule has 6 heteroatoms. The van der Waals surface area contributed by atoms with Crippen LogP contribution < -0.4 is 5.32 Å². The number of nitrogens with zero attached hydrogens (tertiary/aromatic N) is 2. The maximum Gasteiger partial charge on any atom is 0.434 e. The molecule has 1 N–H and O–H groups in total. The van der Waals surface area contributed by atoms with Crippen molar-refractivity contribution in [3.8, 4) is 0 Å². The Kier molecular flexibility index (Phi) is 2.04. The molecule has 3 rings (SSSR count). The second-order valence-electron chi connectivity index (χ2n) is 5.28. The Hall–Kier alpha value is -1.20. The van der Waals surface area contributed by atoms with Gasteiger partial charge in [-0.3, -0.25) is 0 Å². The van der Waals surface area contributed by atoms with Gasteiger partial charge in [0.05, 0.1) is 0 Å². The van der Waals surface area contributed by atoms with Crippen molar-refractivity contribution in [2.24, 2.45) is 5.41 Å². The summed E-state index contributed by atoms with van der Waals surface area (Å²) in [5.74, 6) is 0.363.